The van der Waals surface area contributed by atoms with Gasteiger partial charge >= 0.3 is 6.03 Å². The first-order valence-corrected chi connectivity index (χ1v) is 13.9. The first kappa shape index (κ1) is 29.6. The van der Waals surface area contributed by atoms with Crippen molar-refractivity contribution in [2.24, 2.45) is 11.1 Å². The normalized spacial score (nSPS) is 15.6. The number of nitrogens with two attached hydrogens (primary N) is 1. The number of hydrogen-bond donors (Lipinski definition) is 1. The second-order valence-electron chi connectivity index (χ2n) is 11.6. The molecule has 1 fully saturated rings. The number of halogens is 3. The van der Waals surface area contributed by atoms with Crippen molar-refractivity contribution in [2.45, 2.75) is 65.1 Å². The van der Waals surface area contributed by atoms with Crippen molar-refractivity contribution in [1.82, 2.24) is 24.6 Å². The van der Waals surface area contributed by atoms with Gasteiger partial charge in [-0.2, -0.15) is 5.10 Å². The van der Waals surface area contributed by atoms with Gasteiger partial charge in [0, 0.05) is 25.7 Å². The summed E-state index contributed by atoms with van der Waals surface area (Å²) < 4.78 is 44.1. The number of aromatic nitrogens is 3. The summed E-state index contributed by atoms with van der Waals surface area (Å²) in [5.41, 5.74) is 6.27. The molecule has 0 spiro atoms. The summed E-state index contributed by atoms with van der Waals surface area (Å²) in [5.74, 6) is -0.781. The number of nitrogens with zero attached hydrogens (tertiary/aromatic N) is 5. The molecule has 40 heavy (non-hydrogen) atoms. The zero-order valence-corrected chi connectivity index (χ0v) is 23.5. The Morgan fingerprint density at radius 1 is 1.07 bits per heavy atom. The second-order valence-corrected chi connectivity index (χ2v) is 11.6. The summed E-state index contributed by atoms with van der Waals surface area (Å²) in [6.45, 7) is 7.08. The number of alkyl halides is 1. The van der Waals surface area contributed by atoms with E-state index in [-0.39, 0.29) is 30.4 Å². The molecule has 0 bridgehead atoms. The van der Waals surface area contributed by atoms with Crippen LogP contribution in [0.4, 0.5) is 18.0 Å². The molecule has 1 aliphatic rings. The molecule has 0 saturated carbocycles. The van der Waals surface area contributed by atoms with E-state index in [0.29, 0.717) is 25.5 Å². The summed E-state index contributed by atoms with van der Waals surface area (Å²) in [4.78, 5) is 22.4. The van der Waals surface area contributed by atoms with Crippen LogP contribution in [0.1, 0.15) is 63.9 Å². The van der Waals surface area contributed by atoms with Gasteiger partial charge in [-0.1, -0.05) is 51.1 Å². The number of amides is 2. The van der Waals surface area contributed by atoms with Crippen LogP contribution in [0.25, 0.3) is 11.4 Å². The van der Waals surface area contributed by atoms with E-state index in [1.165, 1.54) is 0 Å². The first-order chi connectivity index (χ1) is 19.1. The molecule has 2 aromatic carbocycles. The van der Waals surface area contributed by atoms with Crippen molar-refractivity contribution >= 4 is 6.03 Å². The standard InChI is InChI=1S/C30H39F3N6O/c1-30(2,3)26(38(17-14-23(34)19-31)29(40)37-15-8-5-9-16-37)28-35-27(24-18-22(32)12-13-25(24)33)36-39(28)20-21-10-6-4-7-11-21/h4,6-7,10-13,18,23,26H,5,8-9,14-17,19-20,34H2,1-3H3/t23?,26-/m0/s1. The van der Waals surface area contributed by atoms with E-state index < -0.39 is 35.8 Å². The minimum Gasteiger partial charge on any atom is -0.325 e. The molecule has 2 amide bonds. The third kappa shape index (κ3) is 7.02. The van der Waals surface area contributed by atoms with Gasteiger partial charge in [0.15, 0.2) is 11.6 Å². The summed E-state index contributed by atoms with van der Waals surface area (Å²) in [7, 11) is 0. The minimum absolute atomic E-state index is 0.0306. The highest BCUT2D eigenvalue weighted by molar-refractivity contribution is 5.75. The molecule has 1 aliphatic heterocycles. The summed E-state index contributed by atoms with van der Waals surface area (Å²) in [6, 6.07) is 11.3. The molecule has 3 aromatic rings. The van der Waals surface area contributed by atoms with E-state index in [1.54, 1.807) is 9.58 Å². The lowest BCUT2D eigenvalue weighted by molar-refractivity contribution is 0.0762. The maximum absolute atomic E-state index is 14.9. The number of hydrogen-bond acceptors (Lipinski definition) is 4. The van der Waals surface area contributed by atoms with Crippen molar-refractivity contribution in [3.63, 3.8) is 0 Å². The predicted molar refractivity (Wildman–Crippen MR) is 149 cm³/mol. The van der Waals surface area contributed by atoms with E-state index >= 15 is 0 Å². The van der Waals surface area contributed by atoms with E-state index in [2.05, 4.69) is 5.10 Å². The Balaban J connectivity index is 1.85. The minimum atomic E-state index is -0.712. The largest absolute Gasteiger partial charge is 0.325 e. The van der Waals surface area contributed by atoms with Gasteiger partial charge in [-0.25, -0.2) is 27.6 Å². The smallest absolute Gasteiger partial charge is 0.320 e. The third-order valence-corrected chi connectivity index (χ3v) is 7.23. The van der Waals surface area contributed by atoms with Crippen LogP contribution in [-0.2, 0) is 6.54 Å². The highest BCUT2D eigenvalue weighted by atomic mass is 19.1. The van der Waals surface area contributed by atoms with Gasteiger partial charge in [-0.05, 0) is 54.9 Å². The van der Waals surface area contributed by atoms with Crippen LogP contribution >= 0.6 is 0 Å². The fourth-order valence-corrected chi connectivity index (χ4v) is 5.19. The van der Waals surface area contributed by atoms with Gasteiger partial charge in [-0.15, -0.1) is 0 Å². The Labute approximate surface area is 234 Å². The van der Waals surface area contributed by atoms with Crippen molar-refractivity contribution in [3.8, 4) is 11.4 Å². The maximum atomic E-state index is 14.9. The number of likely N-dealkylation sites (tertiary alicyclic amines) is 1. The molecule has 216 valence electrons. The van der Waals surface area contributed by atoms with E-state index in [4.69, 9.17) is 10.7 Å². The average Bonchev–Trinajstić information content (AvgIpc) is 3.34. The maximum Gasteiger partial charge on any atom is 0.320 e. The molecule has 4 rings (SSSR count). The Kier molecular flexibility index (Phi) is 9.50. The highest BCUT2D eigenvalue weighted by Gasteiger charge is 2.40. The van der Waals surface area contributed by atoms with Crippen LogP contribution in [0, 0.1) is 17.0 Å². The zero-order valence-electron chi connectivity index (χ0n) is 23.5. The molecule has 2 atom stereocenters. The SMILES string of the molecule is CC(C)(C)[C@H](c1nc(-c2cc(F)ccc2F)nn1Cc1ccccc1)N(CCC(N)CF)C(=O)N1CCCCC1. The lowest BCUT2D eigenvalue weighted by Crippen LogP contribution is -2.51. The second kappa shape index (κ2) is 12.8. The molecular formula is C30H39F3N6O. The van der Waals surface area contributed by atoms with Gasteiger partial charge in [0.2, 0.25) is 0 Å². The molecule has 7 nitrogen and oxygen atoms in total. The number of carbonyl (C=O) groups is 1. The quantitative estimate of drug-likeness (QED) is 0.353. The molecule has 10 heteroatoms. The van der Waals surface area contributed by atoms with Crippen LogP contribution in [0.15, 0.2) is 48.5 Å². The number of benzene rings is 2. The van der Waals surface area contributed by atoms with E-state index in [9.17, 15) is 18.0 Å². The van der Waals surface area contributed by atoms with Crippen molar-refractivity contribution < 1.29 is 18.0 Å². The Bertz CT molecular complexity index is 1270. The molecule has 2 N–H and O–H groups in total. The van der Waals surface area contributed by atoms with Crippen molar-refractivity contribution in [2.75, 3.05) is 26.3 Å². The lowest BCUT2D eigenvalue weighted by atomic mass is 9.84. The molecule has 2 heterocycles. The molecular weight excluding hydrogens is 517 g/mol. The summed E-state index contributed by atoms with van der Waals surface area (Å²) >= 11 is 0. The van der Waals surface area contributed by atoms with Crippen LogP contribution < -0.4 is 5.73 Å². The molecule has 0 aliphatic carbocycles. The van der Waals surface area contributed by atoms with Crippen LogP contribution in [0.3, 0.4) is 0 Å². The van der Waals surface area contributed by atoms with Gasteiger partial charge in [0.05, 0.1) is 18.2 Å². The highest BCUT2D eigenvalue weighted by Crippen LogP contribution is 2.39. The number of carbonyl (C=O) groups excluding carboxylic acids is 1. The van der Waals surface area contributed by atoms with E-state index in [1.807, 2.05) is 56.0 Å². The van der Waals surface area contributed by atoms with Gasteiger partial charge in [0.25, 0.3) is 0 Å². The Hall–Kier alpha value is -3.40. The Morgan fingerprint density at radius 3 is 2.42 bits per heavy atom. The number of urea groups is 1. The van der Waals surface area contributed by atoms with Crippen molar-refractivity contribution in [3.05, 3.63) is 71.6 Å². The molecule has 1 aromatic heterocycles. The van der Waals surface area contributed by atoms with Crippen LogP contribution in [0.2, 0.25) is 0 Å². The average molecular weight is 557 g/mol. The lowest BCUT2D eigenvalue weighted by Gasteiger charge is -2.42. The van der Waals surface area contributed by atoms with Crippen LogP contribution in [0.5, 0.6) is 0 Å². The fraction of sp³-hybridized carbons (Fsp3) is 0.500. The number of rotatable bonds is 9. The van der Waals surface area contributed by atoms with E-state index in [0.717, 1.165) is 43.0 Å². The summed E-state index contributed by atoms with van der Waals surface area (Å²) in [6.07, 6.45) is 3.15. The zero-order chi connectivity index (χ0) is 28.9. The monoisotopic (exact) mass is 556 g/mol. The molecule has 0 radical (unpaired) electrons. The van der Waals surface area contributed by atoms with Gasteiger partial charge < -0.3 is 15.5 Å². The third-order valence-electron chi connectivity index (χ3n) is 7.23. The number of piperidine rings is 1. The van der Waals surface area contributed by atoms with Gasteiger partial charge in [-0.3, -0.25) is 0 Å². The fourth-order valence-electron chi connectivity index (χ4n) is 5.19. The predicted octanol–water partition coefficient (Wildman–Crippen LogP) is 5.95. The first-order valence-electron chi connectivity index (χ1n) is 13.9. The Morgan fingerprint density at radius 2 is 1.77 bits per heavy atom. The molecule has 1 saturated heterocycles. The van der Waals surface area contributed by atoms with Crippen molar-refractivity contribution in [1.29, 1.82) is 0 Å². The topological polar surface area (TPSA) is 80.3 Å². The summed E-state index contributed by atoms with van der Waals surface area (Å²) in [5, 5.41) is 4.64. The van der Waals surface area contributed by atoms with Gasteiger partial charge in [0.1, 0.15) is 18.3 Å². The van der Waals surface area contributed by atoms with Crippen LogP contribution in [-0.4, -0.2) is 62.9 Å². The molecule has 1 unspecified atom stereocenters.